The Morgan fingerprint density at radius 2 is 2.00 bits per heavy atom. The number of ether oxygens (including phenoxy) is 1. The van der Waals surface area contributed by atoms with E-state index in [1.54, 1.807) is 0 Å². The molecule has 1 aliphatic heterocycles. The smallest absolute Gasteiger partial charge is 0.174 e. The second-order valence-corrected chi connectivity index (χ2v) is 5.54. The lowest BCUT2D eigenvalue weighted by Gasteiger charge is -2.26. The molecule has 0 amide bonds. The molecular formula is C15H11BrO4. The van der Waals surface area contributed by atoms with E-state index >= 15 is 0 Å². The highest BCUT2D eigenvalue weighted by Crippen LogP contribution is 2.41. The first-order valence-electron chi connectivity index (χ1n) is 6.06. The predicted octanol–water partition coefficient (Wildman–Crippen LogP) is 3.57. The minimum atomic E-state index is -0.423. The molecule has 2 aromatic carbocycles. The maximum atomic E-state index is 12.2. The first-order chi connectivity index (χ1) is 9.54. The Morgan fingerprint density at radius 1 is 1.20 bits per heavy atom. The molecule has 1 atom stereocenters. The normalized spacial score (nSPS) is 17.4. The van der Waals surface area contributed by atoms with Crippen LogP contribution in [0.4, 0.5) is 0 Å². The zero-order valence-corrected chi connectivity index (χ0v) is 11.9. The van der Waals surface area contributed by atoms with E-state index < -0.39 is 6.10 Å². The largest absolute Gasteiger partial charge is 0.508 e. The molecule has 2 N–H and O–H groups in total. The van der Waals surface area contributed by atoms with Crippen molar-refractivity contribution in [3.63, 3.8) is 0 Å². The van der Waals surface area contributed by atoms with E-state index in [4.69, 9.17) is 4.74 Å². The lowest BCUT2D eigenvalue weighted by atomic mass is 9.95. The van der Waals surface area contributed by atoms with Crippen LogP contribution in [-0.2, 0) is 0 Å². The summed E-state index contributed by atoms with van der Waals surface area (Å²) in [7, 11) is 0. The van der Waals surface area contributed by atoms with Crippen molar-refractivity contribution in [2.24, 2.45) is 0 Å². The number of aromatic hydroxyl groups is 2. The van der Waals surface area contributed by atoms with Crippen molar-refractivity contribution in [2.45, 2.75) is 12.5 Å². The average molecular weight is 335 g/mol. The number of phenols is 2. The summed E-state index contributed by atoms with van der Waals surface area (Å²) in [5, 5.41) is 19.2. The van der Waals surface area contributed by atoms with E-state index in [-0.39, 0.29) is 35.0 Å². The van der Waals surface area contributed by atoms with Crippen molar-refractivity contribution in [2.75, 3.05) is 0 Å². The van der Waals surface area contributed by atoms with Crippen LogP contribution in [0.15, 0.2) is 40.9 Å². The van der Waals surface area contributed by atoms with Crippen LogP contribution in [0.1, 0.15) is 28.4 Å². The number of halogens is 1. The van der Waals surface area contributed by atoms with Crippen LogP contribution in [0.25, 0.3) is 0 Å². The van der Waals surface area contributed by atoms with Crippen molar-refractivity contribution in [3.05, 3.63) is 52.0 Å². The summed E-state index contributed by atoms with van der Waals surface area (Å²) in [5.74, 6) is -0.376. The molecule has 102 valence electrons. The molecule has 0 saturated carbocycles. The molecule has 0 spiro atoms. The lowest BCUT2D eigenvalue weighted by Crippen LogP contribution is -2.20. The van der Waals surface area contributed by atoms with Gasteiger partial charge in [0.1, 0.15) is 28.9 Å². The summed E-state index contributed by atoms with van der Waals surface area (Å²) < 4.78 is 6.64. The third kappa shape index (κ3) is 2.25. The Labute approximate surface area is 123 Å². The number of hydrogen-bond acceptors (Lipinski definition) is 4. The number of hydrogen-bond donors (Lipinski definition) is 2. The fourth-order valence-corrected chi connectivity index (χ4v) is 2.73. The van der Waals surface area contributed by atoms with Gasteiger partial charge in [-0.1, -0.05) is 28.1 Å². The van der Waals surface area contributed by atoms with Gasteiger partial charge in [0.15, 0.2) is 5.78 Å². The Bertz CT molecular complexity index is 696. The van der Waals surface area contributed by atoms with Gasteiger partial charge in [0, 0.05) is 16.6 Å². The van der Waals surface area contributed by atoms with Gasteiger partial charge in [0.25, 0.3) is 0 Å². The highest BCUT2D eigenvalue weighted by Gasteiger charge is 2.30. The van der Waals surface area contributed by atoms with Crippen molar-refractivity contribution >= 4 is 21.7 Å². The minimum absolute atomic E-state index is 0.133. The summed E-state index contributed by atoms with van der Waals surface area (Å²) in [6, 6.07) is 9.99. The van der Waals surface area contributed by atoms with E-state index in [9.17, 15) is 15.0 Å². The second-order valence-electron chi connectivity index (χ2n) is 4.63. The molecular weight excluding hydrogens is 324 g/mol. The van der Waals surface area contributed by atoms with Crippen LogP contribution < -0.4 is 4.74 Å². The lowest BCUT2D eigenvalue weighted by molar-refractivity contribution is 0.0845. The van der Waals surface area contributed by atoms with Crippen LogP contribution in [0, 0.1) is 0 Å². The fourth-order valence-electron chi connectivity index (χ4n) is 2.32. The Balaban J connectivity index is 2.02. The highest BCUT2D eigenvalue weighted by molar-refractivity contribution is 9.10. The van der Waals surface area contributed by atoms with Crippen LogP contribution in [0.3, 0.4) is 0 Å². The molecule has 0 radical (unpaired) electrons. The molecule has 20 heavy (non-hydrogen) atoms. The van der Waals surface area contributed by atoms with Crippen LogP contribution >= 0.6 is 15.9 Å². The predicted molar refractivity (Wildman–Crippen MR) is 76.2 cm³/mol. The van der Waals surface area contributed by atoms with E-state index in [1.165, 1.54) is 6.07 Å². The molecule has 0 bridgehead atoms. The number of benzene rings is 2. The Hall–Kier alpha value is -2.01. The Morgan fingerprint density at radius 3 is 2.75 bits per heavy atom. The molecule has 1 unspecified atom stereocenters. The number of Topliss-reactive ketones (excluding diaryl/α,β-unsaturated/α-hetero) is 1. The van der Waals surface area contributed by atoms with Gasteiger partial charge >= 0.3 is 0 Å². The maximum Gasteiger partial charge on any atom is 0.174 e. The number of ketones is 1. The molecule has 1 heterocycles. The van der Waals surface area contributed by atoms with Crippen LogP contribution in [-0.4, -0.2) is 16.0 Å². The first kappa shape index (κ1) is 13.0. The van der Waals surface area contributed by atoms with Gasteiger partial charge in [-0.15, -0.1) is 0 Å². The van der Waals surface area contributed by atoms with E-state index in [1.807, 2.05) is 24.3 Å². The molecule has 0 aliphatic carbocycles. The number of rotatable bonds is 1. The fraction of sp³-hybridized carbons (Fsp3) is 0.133. The van der Waals surface area contributed by atoms with Crippen molar-refractivity contribution in [1.29, 1.82) is 0 Å². The molecule has 2 aromatic rings. The summed E-state index contributed by atoms with van der Waals surface area (Å²) >= 11 is 3.38. The molecule has 4 nitrogen and oxygen atoms in total. The number of phenolic OH excluding ortho intramolecular Hbond substituents is 2. The minimum Gasteiger partial charge on any atom is -0.508 e. The third-order valence-corrected chi connectivity index (χ3v) is 3.70. The number of carbonyl (C=O) groups is 1. The standard InChI is InChI=1S/C15H11BrO4/c16-9-3-1-2-8(4-9)13-7-12(19)15-11(18)5-10(17)6-14(15)20-13/h1-6,13,17-18H,7H2. The van der Waals surface area contributed by atoms with E-state index in [0.29, 0.717) is 0 Å². The number of fused-ring (bicyclic) bond motifs is 1. The second kappa shape index (κ2) is 4.83. The van der Waals surface area contributed by atoms with Crippen LogP contribution in [0.2, 0.25) is 0 Å². The highest BCUT2D eigenvalue weighted by atomic mass is 79.9. The van der Waals surface area contributed by atoms with Gasteiger partial charge in [0.05, 0.1) is 6.42 Å². The molecule has 0 fully saturated rings. The van der Waals surface area contributed by atoms with Gasteiger partial charge in [-0.3, -0.25) is 4.79 Å². The third-order valence-electron chi connectivity index (χ3n) is 3.21. The average Bonchev–Trinajstić information content (AvgIpc) is 2.37. The zero-order valence-electron chi connectivity index (χ0n) is 10.3. The molecule has 5 heteroatoms. The molecule has 3 rings (SSSR count). The monoisotopic (exact) mass is 334 g/mol. The van der Waals surface area contributed by atoms with Crippen LogP contribution in [0.5, 0.6) is 17.2 Å². The summed E-state index contributed by atoms with van der Waals surface area (Å²) in [6.45, 7) is 0. The van der Waals surface area contributed by atoms with E-state index in [0.717, 1.165) is 16.1 Å². The quantitative estimate of drug-likeness (QED) is 0.836. The van der Waals surface area contributed by atoms with Gasteiger partial charge in [-0.05, 0) is 17.7 Å². The van der Waals surface area contributed by atoms with Gasteiger partial charge in [-0.25, -0.2) is 0 Å². The first-order valence-corrected chi connectivity index (χ1v) is 6.85. The van der Waals surface area contributed by atoms with Crippen molar-refractivity contribution in [1.82, 2.24) is 0 Å². The topological polar surface area (TPSA) is 66.8 Å². The molecule has 0 aromatic heterocycles. The summed E-state index contributed by atoms with van der Waals surface area (Å²) in [5.41, 5.74) is 0.996. The summed E-state index contributed by atoms with van der Waals surface area (Å²) in [4.78, 5) is 12.2. The molecule has 0 saturated heterocycles. The van der Waals surface area contributed by atoms with Gasteiger partial charge < -0.3 is 14.9 Å². The van der Waals surface area contributed by atoms with Crippen molar-refractivity contribution < 1.29 is 19.7 Å². The zero-order chi connectivity index (χ0) is 14.3. The van der Waals surface area contributed by atoms with Crippen molar-refractivity contribution in [3.8, 4) is 17.2 Å². The Kier molecular flexibility index (Phi) is 3.14. The molecule has 1 aliphatic rings. The SMILES string of the molecule is O=C1CC(c2cccc(Br)c2)Oc2cc(O)cc(O)c21. The van der Waals surface area contributed by atoms with E-state index in [2.05, 4.69) is 15.9 Å². The maximum absolute atomic E-state index is 12.2. The number of carbonyl (C=O) groups excluding carboxylic acids is 1. The van der Waals surface area contributed by atoms with Gasteiger partial charge in [-0.2, -0.15) is 0 Å². The summed E-state index contributed by atoms with van der Waals surface area (Å²) in [6.07, 6.45) is -0.268. The van der Waals surface area contributed by atoms with Gasteiger partial charge in [0.2, 0.25) is 0 Å².